The fourth-order valence-corrected chi connectivity index (χ4v) is 1.99. The minimum atomic E-state index is 0.569. The molecular formula is C12H18N2O. The Hall–Kier alpha value is -1.22. The van der Waals surface area contributed by atoms with Crippen LogP contribution in [0.5, 0.6) is 5.75 Å². The molecule has 0 aromatic heterocycles. The first-order valence-corrected chi connectivity index (χ1v) is 5.52. The summed E-state index contributed by atoms with van der Waals surface area (Å²) >= 11 is 0. The van der Waals surface area contributed by atoms with Gasteiger partial charge in [-0.1, -0.05) is 19.1 Å². The van der Waals surface area contributed by atoms with Crippen molar-refractivity contribution in [1.29, 1.82) is 0 Å². The topological polar surface area (TPSA) is 47.3 Å². The number of nitrogen functional groups attached to an aromatic ring is 1. The molecule has 15 heavy (non-hydrogen) atoms. The van der Waals surface area contributed by atoms with E-state index in [0.717, 1.165) is 37.6 Å². The number of hydrogen-bond acceptors (Lipinski definition) is 3. The normalized spacial score (nSPS) is 19.4. The maximum atomic E-state index is 5.85. The molecule has 1 aromatic carbocycles. The lowest BCUT2D eigenvalue weighted by Crippen LogP contribution is -2.31. The van der Waals surface area contributed by atoms with Gasteiger partial charge in [-0.25, -0.2) is 0 Å². The summed E-state index contributed by atoms with van der Waals surface area (Å²) in [5.74, 6) is 1.46. The molecule has 1 atom stereocenters. The van der Waals surface area contributed by atoms with Crippen molar-refractivity contribution < 1.29 is 4.74 Å². The zero-order valence-corrected chi connectivity index (χ0v) is 9.12. The number of anilines is 1. The van der Waals surface area contributed by atoms with E-state index in [2.05, 4.69) is 18.3 Å². The minimum Gasteiger partial charge on any atom is -0.491 e. The molecule has 0 bridgehead atoms. The highest BCUT2D eigenvalue weighted by molar-refractivity contribution is 5.57. The molecule has 1 unspecified atom stereocenters. The van der Waals surface area contributed by atoms with Gasteiger partial charge in [-0.2, -0.15) is 0 Å². The fraction of sp³-hybridized carbons (Fsp3) is 0.500. The van der Waals surface area contributed by atoms with E-state index in [1.165, 1.54) is 5.56 Å². The Morgan fingerprint density at radius 3 is 3.20 bits per heavy atom. The lowest BCUT2D eigenvalue weighted by atomic mass is 9.96. The second-order valence-corrected chi connectivity index (χ2v) is 4.02. The fourth-order valence-electron chi connectivity index (χ4n) is 1.99. The molecule has 0 fully saturated rings. The Labute approximate surface area is 90.6 Å². The molecule has 82 valence electrons. The molecule has 1 aromatic rings. The number of fused-ring (bicyclic) bond motifs is 1. The van der Waals surface area contributed by atoms with Crippen molar-refractivity contribution in [1.82, 2.24) is 5.32 Å². The van der Waals surface area contributed by atoms with Gasteiger partial charge in [0.25, 0.3) is 0 Å². The van der Waals surface area contributed by atoms with Crippen molar-refractivity contribution >= 4 is 5.69 Å². The van der Waals surface area contributed by atoms with E-state index in [9.17, 15) is 0 Å². The summed E-state index contributed by atoms with van der Waals surface area (Å²) in [6, 6.07) is 5.99. The molecule has 3 N–H and O–H groups in total. The number of hydrogen-bond donors (Lipinski definition) is 2. The minimum absolute atomic E-state index is 0.569. The van der Waals surface area contributed by atoms with Crippen LogP contribution in [-0.2, 0) is 6.42 Å². The maximum Gasteiger partial charge on any atom is 0.145 e. The van der Waals surface area contributed by atoms with Gasteiger partial charge < -0.3 is 15.8 Å². The highest BCUT2D eigenvalue weighted by Gasteiger charge is 2.20. The summed E-state index contributed by atoms with van der Waals surface area (Å²) in [7, 11) is 0. The largest absolute Gasteiger partial charge is 0.491 e. The van der Waals surface area contributed by atoms with E-state index >= 15 is 0 Å². The van der Waals surface area contributed by atoms with Crippen molar-refractivity contribution in [3.8, 4) is 5.75 Å². The predicted octanol–water partition coefficient (Wildman–Crippen LogP) is 1.43. The van der Waals surface area contributed by atoms with E-state index in [1.807, 2.05) is 12.1 Å². The van der Waals surface area contributed by atoms with Crippen molar-refractivity contribution in [2.45, 2.75) is 13.3 Å². The van der Waals surface area contributed by atoms with Crippen LogP contribution in [0.4, 0.5) is 5.69 Å². The third-order valence-electron chi connectivity index (χ3n) is 2.78. The summed E-state index contributed by atoms with van der Waals surface area (Å²) in [6.07, 6.45) is 1.06. The van der Waals surface area contributed by atoms with E-state index in [0.29, 0.717) is 5.92 Å². The maximum absolute atomic E-state index is 5.85. The third-order valence-corrected chi connectivity index (χ3v) is 2.78. The first-order chi connectivity index (χ1) is 7.31. The van der Waals surface area contributed by atoms with Crippen molar-refractivity contribution in [3.63, 3.8) is 0 Å². The van der Waals surface area contributed by atoms with Crippen LogP contribution in [0.1, 0.15) is 12.5 Å². The van der Waals surface area contributed by atoms with Gasteiger partial charge >= 0.3 is 0 Å². The Balaban J connectivity index is 2.07. The highest BCUT2D eigenvalue weighted by Crippen LogP contribution is 2.32. The number of benzene rings is 1. The zero-order chi connectivity index (χ0) is 10.7. The van der Waals surface area contributed by atoms with Crippen LogP contribution in [0.25, 0.3) is 0 Å². The van der Waals surface area contributed by atoms with Gasteiger partial charge in [-0.3, -0.25) is 0 Å². The molecule has 1 heterocycles. The van der Waals surface area contributed by atoms with E-state index in [4.69, 9.17) is 10.5 Å². The Morgan fingerprint density at radius 2 is 2.40 bits per heavy atom. The van der Waals surface area contributed by atoms with Gasteiger partial charge in [-0.05, 0) is 24.6 Å². The van der Waals surface area contributed by atoms with Crippen LogP contribution in [0.3, 0.4) is 0 Å². The molecule has 3 heteroatoms. The molecule has 0 saturated carbocycles. The zero-order valence-electron chi connectivity index (χ0n) is 9.12. The summed E-state index contributed by atoms with van der Waals surface area (Å²) in [4.78, 5) is 0. The average Bonchev–Trinajstić information content (AvgIpc) is 2.26. The van der Waals surface area contributed by atoms with Crippen LogP contribution in [0.15, 0.2) is 18.2 Å². The highest BCUT2D eigenvalue weighted by atomic mass is 16.5. The Bertz CT molecular complexity index is 338. The van der Waals surface area contributed by atoms with Gasteiger partial charge in [0.15, 0.2) is 0 Å². The first kappa shape index (κ1) is 10.3. The molecule has 0 spiro atoms. The van der Waals surface area contributed by atoms with Crippen LogP contribution in [-0.4, -0.2) is 19.7 Å². The Kier molecular flexibility index (Phi) is 3.11. The SMILES string of the molecule is CCNCC1COc2c(N)cccc2C1. The molecule has 0 radical (unpaired) electrons. The standard InChI is InChI=1S/C12H18N2O/c1-2-14-7-9-6-10-4-3-5-11(13)12(10)15-8-9/h3-5,9,14H,2,6-8,13H2,1H3. The average molecular weight is 206 g/mol. The number of nitrogens with two attached hydrogens (primary N) is 1. The molecule has 1 aliphatic heterocycles. The molecule has 0 saturated heterocycles. The molecule has 0 aliphatic carbocycles. The van der Waals surface area contributed by atoms with Gasteiger partial charge in [-0.15, -0.1) is 0 Å². The van der Waals surface area contributed by atoms with Gasteiger partial charge in [0.2, 0.25) is 0 Å². The van der Waals surface area contributed by atoms with Gasteiger partial charge in [0, 0.05) is 12.5 Å². The summed E-state index contributed by atoms with van der Waals surface area (Å²) in [5, 5.41) is 3.35. The van der Waals surface area contributed by atoms with Crippen LogP contribution >= 0.6 is 0 Å². The van der Waals surface area contributed by atoms with Crippen molar-refractivity contribution in [3.05, 3.63) is 23.8 Å². The van der Waals surface area contributed by atoms with E-state index < -0.39 is 0 Å². The summed E-state index contributed by atoms with van der Waals surface area (Å²) in [6.45, 7) is 4.93. The van der Waals surface area contributed by atoms with Gasteiger partial charge in [0.05, 0.1) is 12.3 Å². The van der Waals surface area contributed by atoms with Crippen molar-refractivity contribution in [2.24, 2.45) is 5.92 Å². The van der Waals surface area contributed by atoms with Crippen LogP contribution < -0.4 is 15.8 Å². The monoisotopic (exact) mass is 206 g/mol. The number of para-hydroxylation sites is 1. The second kappa shape index (κ2) is 4.53. The molecule has 1 aliphatic rings. The summed E-state index contributed by atoms with van der Waals surface area (Å²) in [5.41, 5.74) is 7.84. The number of ether oxygens (including phenoxy) is 1. The van der Waals surface area contributed by atoms with E-state index in [-0.39, 0.29) is 0 Å². The van der Waals surface area contributed by atoms with Gasteiger partial charge in [0.1, 0.15) is 5.75 Å². The molecular weight excluding hydrogens is 188 g/mol. The number of rotatable bonds is 3. The van der Waals surface area contributed by atoms with Crippen LogP contribution in [0.2, 0.25) is 0 Å². The lowest BCUT2D eigenvalue weighted by Gasteiger charge is -2.26. The molecule has 0 amide bonds. The first-order valence-electron chi connectivity index (χ1n) is 5.52. The van der Waals surface area contributed by atoms with E-state index in [1.54, 1.807) is 0 Å². The second-order valence-electron chi connectivity index (χ2n) is 4.02. The van der Waals surface area contributed by atoms with Crippen LogP contribution in [0, 0.1) is 5.92 Å². The third kappa shape index (κ3) is 2.23. The molecule has 3 nitrogen and oxygen atoms in total. The summed E-state index contributed by atoms with van der Waals surface area (Å²) < 4.78 is 5.70. The molecule has 2 rings (SSSR count). The predicted molar refractivity (Wildman–Crippen MR) is 62.1 cm³/mol. The van der Waals surface area contributed by atoms with Crippen molar-refractivity contribution in [2.75, 3.05) is 25.4 Å². The number of nitrogens with one attached hydrogen (secondary N) is 1. The smallest absolute Gasteiger partial charge is 0.145 e. The quantitative estimate of drug-likeness (QED) is 0.735. The lowest BCUT2D eigenvalue weighted by molar-refractivity contribution is 0.220. The Morgan fingerprint density at radius 1 is 1.53 bits per heavy atom.